The summed E-state index contributed by atoms with van der Waals surface area (Å²) in [5.41, 5.74) is 5.87. The quantitative estimate of drug-likeness (QED) is 0.160. The predicted octanol–water partition coefficient (Wildman–Crippen LogP) is 14.6. The summed E-state index contributed by atoms with van der Waals surface area (Å²) in [6.07, 6.45) is 0. The van der Waals surface area contributed by atoms with Crippen LogP contribution in [0.4, 0.5) is 0 Å². The van der Waals surface area contributed by atoms with Gasteiger partial charge < -0.3 is 0 Å². The predicted molar refractivity (Wildman–Crippen MR) is 224 cm³/mol. The van der Waals surface area contributed by atoms with Crippen molar-refractivity contribution < 1.29 is 17.8 Å². The van der Waals surface area contributed by atoms with E-state index in [2.05, 4.69) is 66.7 Å². The van der Waals surface area contributed by atoms with Crippen LogP contribution in [0.5, 0.6) is 0 Å². The van der Waals surface area contributed by atoms with Crippen LogP contribution < -0.4 is 0 Å². The van der Waals surface area contributed by atoms with Gasteiger partial charge in [-0.1, -0.05) is 194 Å². The van der Waals surface area contributed by atoms with Crippen molar-refractivity contribution >= 4 is 43.1 Å². The molecule has 10 rings (SSSR count). The zero-order chi connectivity index (χ0) is 45.7. The minimum Gasteiger partial charge on any atom is -0.0622 e. The minimum absolute atomic E-state index is 0.0914. The molecule has 0 unspecified atom stereocenters. The maximum Gasteiger partial charge on any atom is 0.0629 e. The van der Waals surface area contributed by atoms with Crippen molar-refractivity contribution in [1.82, 2.24) is 0 Å². The van der Waals surface area contributed by atoms with Crippen LogP contribution in [-0.4, -0.2) is 0 Å². The number of fused-ring (bicyclic) bond motifs is 4. The first-order valence-corrected chi connectivity index (χ1v) is 17.0. The second-order valence-electron chi connectivity index (χ2n) is 12.6. The van der Waals surface area contributed by atoms with Gasteiger partial charge in [0.15, 0.2) is 0 Å². The topological polar surface area (TPSA) is 0 Å². The van der Waals surface area contributed by atoms with E-state index in [1.807, 2.05) is 48.5 Å². The molecule has 52 heavy (non-hydrogen) atoms. The van der Waals surface area contributed by atoms with Crippen LogP contribution in [0.1, 0.15) is 17.8 Å². The molecular weight excluding hydrogens is 625 g/mol. The van der Waals surface area contributed by atoms with Gasteiger partial charge in [0.25, 0.3) is 0 Å². The van der Waals surface area contributed by atoms with Crippen LogP contribution >= 0.6 is 0 Å². The van der Waals surface area contributed by atoms with Crippen molar-refractivity contribution in [2.24, 2.45) is 0 Å². The van der Waals surface area contributed by atoms with Crippen molar-refractivity contribution in [1.29, 1.82) is 0 Å². The lowest BCUT2D eigenvalue weighted by molar-refractivity contribution is 1.60. The second kappa shape index (κ2) is 12.5. The third-order valence-corrected chi connectivity index (χ3v) is 9.79. The normalized spacial score (nSPS) is 15.0. The maximum atomic E-state index is 9.41. The molecule has 0 aliphatic rings. The summed E-state index contributed by atoms with van der Waals surface area (Å²) in [7, 11) is 0. The Morgan fingerprint density at radius 3 is 1.50 bits per heavy atom. The Labute approximate surface area is 322 Å². The van der Waals surface area contributed by atoms with Crippen molar-refractivity contribution in [2.75, 3.05) is 0 Å². The summed E-state index contributed by atoms with van der Waals surface area (Å²) in [5.74, 6) is 0. The van der Waals surface area contributed by atoms with Crippen molar-refractivity contribution in [3.63, 3.8) is 0 Å². The van der Waals surface area contributed by atoms with Crippen molar-refractivity contribution in [3.05, 3.63) is 206 Å². The van der Waals surface area contributed by atoms with Gasteiger partial charge in [-0.15, -0.1) is 0 Å². The lowest BCUT2D eigenvalue weighted by atomic mass is 9.84. The van der Waals surface area contributed by atoms with Gasteiger partial charge in [0.2, 0.25) is 0 Å². The molecule has 0 bridgehead atoms. The fourth-order valence-corrected chi connectivity index (χ4v) is 7.50. The van der Waals surface area contributed by atoms with E-state index in [4.69, 9.17) is 12.3 Å². The fourth-order valence-electron chi connectivity index (χ4n) is 7.50. The molecule has 242 valence electrons. The SMILES string of the molecule is [2H]c1c([2H])c([2H])c(-c2c3c([2H])c([2H])c([2H])c([2H])c3c(-c3cccc4c(-c5ccc6c(-c7cccc(-c8ccccc8)c7)cccc6c5)cccc34)c3c([2H])c([2H])c([2H])c([2H])c23)c([2H])c1[2H]. The van der Waals surface area contributed by atoms with E-state index in [-0.39, 0.29) is 32.7 Å². The molecule has 0 spiro atoms. The van der Waals surface area contributed by atoms with Gasteiger partial charge in [-0.2, -0.15) is 0 Å². The summed E-state index contributed by atoms with van der Waals surface area (Å²) < 4.78 is 116. The van der Waals surface area contributed by atoms with Gasteiger partial charge in [0.05, 0.1) is 17.8 Å². The lowest BCUT2D eigenvalue weighted by Crippen LogP contribution is -1.92. The first-order chi connectivity index (χ1) is 31.2. The number of hydrogen-bond donors (Lipinski definition) is 0. The first-order valence-electron chi connectivity index (χ1n) is 23.5. The third-order valence-electron chi connectivity index (χ3n) is 9.79. The summed E-state index contributed by atoms with van der Waals surface area (Å²) in [4.78, 5) is 0. The van der Waals surface area contributed by atoms with E-state index in [0.717, 1.165) is 49.5 Å². The smallest absolute Gasteiger partial charge is 0.0622 e. The van der Waals surface area contributed by atoms with E-state index >= 15 is 0 Å². The Morgan fingerprint density at radius 1 is 0.269 bits per heavy atom. The Bertz CT molecular complexity index is 3580. The molecule has 0 fully saturated rings. The molecule has 0 amide bonds. The van der Waals surface area contributed by atoms with E-state index in [0.29, 0.717) is 10.9 Å². The molecule has 0 saturated heterocycles. The fraction of sp³-hybridized carbons (Fsp3) is 0. The Balaban J connectivity index is 1.27. The highest BCUT2D eigenvalue weighted by molar-refractivity contribution is 6.24. The van der Waals surface area contributed by atoms with Crippen LogP contribution in [0.2, 0.25) is 0 Å². The van der Waals surface area contributed by atoms with Crippen LogP contribution in [0.3, 0.4) is 0 Å². The molecule has 0 nitrogen and oxygen atoms in total. The summed E-state index contributed by atoms with van der Waals surface area (Å²) in [6.45, 7) is 0. The van der Waals surface area contributed by atoms with Gasteiger partial charge in [0.1, 0.15) is 0 Å². The van der Waals surface area contributed by atoms with Crippen LogP contribution in [0.25, 0.3) is 98.7 Å². The largest absolute Gasteiger partial charge is 0.0629 e. The lowest BCUT2D eigenvalue weighted by Gasteiger charge is -2.19. The molecule has 0 atom stereocenters. The van der Waals surface area contributed by atoms with Gasteiger partial charge >= 0.3 is 0 Å². The summed E-state index contributed by atoms with van der Waals surface area (Å²) in [6, 6.07) is 34.0. The average Bonchev–Trinajstić information content (AvgIpc) is 3.34. The molecular formula is C52H34. The summed E-state index contributed by atoms with van der Waals surface area (Å²) in [5, 5.41) is 2.71. The highest BCUT2D eigenvalue weighted by Gasteiger charge is 2.18. The van der Waals surface area contributed by atoms with Crippen molar-refractivity contribution in [2.45, 2.75) is 0 Å². The zero-order valence-electron chi connectivity index (χ0n) is 40.6. The van der Waals surface area contributed by atoms with Crippen LogP contribution in [0.15, 0.2) is 206 Å². The van der Waals surface area contributed by atoms with E-state index in [9.17, 15) is 5.48 Å². The van der Waals surface area contributed by atoms with Crippen molar-refractivity contribution in [3.8, 4) is 55.6 Å². The van der Waals surface area contributed by atoms with Crippen LogP contribution in [0, 0.1) is 0 Å². The zero-order valence-corrected chi connectivity index (χ0v) is 27.6. The molecule has 0 aromatic heterocycles. The third kappa shape index (κ3) is 5.00. The number of rotatable bonds is 5. The molecule has 10 aromatic carbocycles. The molecule has 0 heterocycles. The van der Waals surface area contributed by atoms with E-state index in [1.165, 1.54) is 0 Å². The van der Waals surface area contributed by atoms with Crippen LogP contribution in [-0.2, 0) is 0 Å². The number of hydrogen-bond acceptors (Lipinski definition) is 0. The second-order valence-corrected chi connectivity index (χ2v) is 12.6. The molecule has 0 N–H and O–H groups in total. The van der Waals surface area contributed by atoms with Gasteiger partial charge in [-0.05, 0) is 111 Å². The molecule has 0 heteroatoms. The standard InChI is InChI=1S/C52H34/c1-3-15-35(16-4-1)37-19-11-20-38(33-37)41-26-12-21-39-34-40(31-32-43(39)41)42-27-13-29-45-44(42)28-14-30-46(45)52-49-24-9-7-22-47(49)51(36-17-5-2-6-18-36)48-23-8-10-25-50(48)52/h1-34H/i2D,5D,6D,7D,8D,9D,10D,17D,18D,22D,23D,24D,25D. The Morgan fingerprint density at radius 2 is 0.788 bits per heavy atom. The number of benzene rings is 10. The molecule has 0 aliphatic heterocycles. The Kier molecular flexibility index (Phi) is 4.72. The Hall–Kier alpha value is -6.76. The molecule has 0 aliphatic carbocycles. The maximum absolute atomic E-state index is 9.41. The van der Waals surface area contributed by atoms with Gasteiger partial charge in [-0.3, -0.25) is 0 Å². The van der Waals surface area contributed by atoms with E-state index in [1.54, 1.807) is 12.1 Å². The minimum atomic E-state index is -0.711. The van der Waals surface area contributed by atoms with E-state index < -0.39 is 84.1 Å². The van der Waals surface area contributed by atoms with Gasteiger partial charge in [0, 0.05) is 0 Å². The molecule has 0 saturated carbocycles. The highest BCUT2D eigenvalue weighted by Crippen LogP contribution is 2.46. The molecule has 10 aromatic rings. The van der Waals surface area contributed by atoms with Gasteiger partial charge in [-0.25, -0.2) is 0 Å². The summed E-state index contributed by atoms with van der Waals surface area (Å²) >= 11 is 0. The average molecular weight is 672 g/mol. The molecule has 0 radical (unpaired) electrons. The monoisotopic (exact) mass is 671 g/mol. The highest BCUT2D eigenvalue weighted by atomic mass is 14.2. The first kappa shape index (κ1) is 19.6.